The number of halogens is 1. The van der Waals surface area contributed by atoms with Crippen LogP contribution in [-0.2, 0) is 11.2 Å². The van der Waals surface area contributed by atoms with Crippen LogP contribution in [0.5, 0.6) is 11.5 Å². The summed E-state index contributed by atoms with van der Waals surface area (Å²) in [5.74, 6) is 1.02. The lowest BCUT2D eigenvalue weighted by atomic mass is 10.1. The summed E-state index contributed by atoms with van der Waals surface area (Å²) < 4.78 is 10.8. The molecule has 0 aromatic heterocycles. The molecule has 2 rings (SSSR count). The summed E-state index contributed by atoms with van der Waals surface area (Å²) >= 11 is 6.06. The number of ether oxygens (including phenoxy) is 2. The van der Waals surface area contributed by atoms with Crippen LogP contribution in [0.1, 0.15) is 11.1 Å². The lowest BCUT2D eigenvalue weighted by Crippen LogP contribution is -2.13. The van der Waals surface area contributed by atoms with Gasteiger partial charge in [0.2, 0.25) is 0 Å². The third kappa shape index (κ3) is 3.97. The maximum absolute atomic E-state index is 7.59. The van der Waals surface area contributed by atoms with Crippen LogP contribution in [0.4, 0.5) is 0 Å². The largest absolute Gasteiger partial charge is 0.457 e. The molecule has 0 heterocycles. The van der Waals surface area contributed by atoms with Gasteiger partial charge in [0.1, 0.15) is 17.3 Å². The topological polar surface area (TPSA) is 68.3 Å². The molecule has 0 fully saturated rings. The van der Waals surface area contributed by atoms with Crippen molar-refractivity contribution < 1.29 is 9.47 Å². The predicted molar refractivity (Wildman–Crippen MR) is 84.6 cm³/mol. The van der Waals surface area contributed by atoms with Crippen molar-refractivity contribution >= 4 is 17.4 Å². The van der Waals surface area contributed by atoms with Crippen LogP contribution in [0.15, 0.2) is 42.5 Å². The third-order valence-electron chi connectivity index (χ3n) is 2.99. The first kappa shape index (κ1) is 15.4. The Bertz CT molecular complexity index is 627. The van der Waals surface area contributed by atoms with Gasteiger partial charge in [0.05, 0.1) is 17.2 Å². The van der Waals surface area contributed by atoms with Crippen LogP contribution in [0.2, 0.25) is 5.02 Å². The summed E-state index contributed by atoms with van der Waals surface area (Å²) in [7, 11) is 1.68. The Morgan fingerprint density at radius 3 is 2.52 bits per heavy atom. The molecule has 3 N–H and O–H groups in total. The second kappa shape index (κ2) is 7.11. The number of amidine groups is 1. The molecule has 21 heavy (non-hydrogen) atoms. The molecular weight excluding hydrogens is 288 g/mol. The van der Waals surface area contributed by atoms with Gasteiger partial charge in [0.15, 0.2) is 0 Å². The average molecular weight is 305 g/mol. The number of hydrogen-bond donors (Lipinski definition) is 2. The molecule has 2 aromatic carbocycles. The normalized spacial score (nSPS) is 10.4. The fourth-order valence-electron chi connectivity index (χ4n) is 1.92. The number of nitrogen functional groups attached to an aromatic ring is 1. The van der Waals surface area contributed by atoms with Gasteiger partial charge in [0, 0.05) is 7.11 Å². The molecule has 0 aliphatic heterocycles. The Kier molecular flexibility index (Phi) is 5.20. The van der Waals surface area contributed by atoms with Gasteiger partial charge < -0.3 is 15.2 Å². The van der Waals surface area contributed by atoms with E-state index in [1.807, 2.05) is 24.3 Å². The number of methoxy groups -OCH3 is 1. The summed E-state index contributed by atoms with van der Waals surface area (Å²) in [5.41, 5.74) is 7.13. The Balaban J connectivity index is 2.19. The highest BCUT2D eigenvalue weighted by Crippen LogP contribution is 2.30. The molecule has 0 bridgehead atoms. The van der Waals surface area contributed by atoms with Crippen LogP contribution < -0.4 is 10.5 Å². The van der Waals surface area contributed by atoms with Crippen molar-refractivity contribution in [3.8, 4) is 11.5 Å². The van der Waals surface area contributed by atoms with Crippen molar-refractivity contribution in [2.75, 3.05) is 13.7 Å². The SMILES string of the molecule is COCCc1ccc(Oc2cccc(Cl)c2C(=N)N)cc1. The Hall–Kier alpha value is -2.04. The Morgan fingerprint density at radius 2 is 1.90 bits per heavy atom. The zero-order chi connectivity index (χ0) is 15.2. The first-order chi connectivity index (χ1) is 10.1. The average Bonchev–Trinajstić information content (AvgIpc) is 2.46. The first-order valence-corrected chi connectivity index (χ1v) is 6.88. The first-order valence-electron chi connectivity index (χ1n) is 6.50. The zero-order valence-corrected chi connectivity index (χ0v) is 12.5. The van der Waals surface area contributed by atoms with E-state index in [0.717, 1.165) is 6.42 Å². The van der Waals surface area contributed by atoms with Gasteiger partial charge in [-0.3, -0.25) is 5.41 Å². The van der Waals surface area contributed by atoms with Gasteiger partial charge in [-0.15, -0.1) is 0 Å². The minimum atomic E-state index is -0.118. The second-order valence-electron chi connectivity index (χ2n) is 4.52. The standard InChI is InChI=1S/C16H17ClN2O2/c1-20-10-9-11-5-7-12(8-6-11)21-14-4-2-3-13(17)15(14)16(18)19/h2-8H,9-10H2,1H3,(H3,18,19). The molecule has 0 saturated carbocycles. The monoisotopic (exact) mass is 304 g/mol. The van der Waals surface area contributed by atoms with Crippen molar-refractivity contribution in [3.05, 3.63) is 58.6 Å². The molecule has 0 aliphatic carbocycles. The van der Waals surface area contributed by atoms with E-state index < -0.39 is 0 Å². The van der Waals surface area contributed by atoms with E-state index in [9.17, 15) is 0 Å². The molecule has 0 aliphatic rings. The highest BCUT2D eigenvalue weighted by molar-refractivity contribution is 6.34. The molecule has 5 heteroatoms. The van der Waals surface area contributed by atoms with Gasteiger partial charge in [-0.2, -0.15) is 0 Å². The maximum atomic E-state index is 7.59. The van der Waals surface area contributed by atoms with Gasteiger partial charge in [-0.25, -0.2) is 0 Å². The second-order valence-corrected chi connectivity index (χ2v) is 4.92. The van der Waals surface area contributed by atoms with E-state index in [0.29, 0.717) is 28.7 Å². The molecule has 0 saturated heterocycles. The van der Waals surface area contributed by atoms with Crippen molar-refractivity contribution in [1.29, 1.82) is 5.41 Å². The Morgan fingerprint density at radius 1 is 1.19 bits per heavy atom. The molecular formula is C16H17ClN2O2. The summed E-state index contributed by atoms with van der Waals surface area (Å²) in [6.07, 6.45) is 0.854. The van der Waals surface area contributed by atoms with E-state index in [1.54, 1.807) is 25.3 Å². The van der Waals surface area contributed by atoms with Crippen LogP contribution in [0, 0.1) is 5.41 Å². The van der Waals surface area contributed by atoms with Crippen LogP contribution in [0.25, 0.3) is 0 Å². The molecule has 0 amide bonds. The van der Waals surface area contributed by atoms with Crippen LogP contribution in [-0.4, -0.2) is 19.6 Å². The van der Waals surface area contributed by atoms with Gasteiger partial charge in [0.25, 0.3) is 0 Å². The van der Waals surface area contributed by atoms with Crippen LogP contribution >= 0.6 is 11.6 Å². The van der Waals surface area contributed by atoms with E-state index in [2.05, 4.69) is 0 Å². The van der Waals surface area contributed by atoms with Crippen LogP contribution in [0.3, 0.4) is 0 Å². The molecule has 0 atom stereocenters. The smallest absolute Gasteiger partial charge is 0.139 e. The highest BCUT2D eigenvalue weighted by Gasteiger charge is 2.11. The lowest BCUT2D eigenvalue weighted by molar-refractivity contribution is 0.202. The number of hydrogen-bond acceptors (Lipinski definition) is 3. The molecule has 110 valence electrons. The fourth-order valence-corrected chi connectivity index (χ4v) is 2.19. The fraction of sp³-hybridized carbons (Fsp3) is 0.188. The maximum Gasteiger partial charge on any atom is 0.139 e. The Labute approximate surface area is 129 Å². The molecule has 0 radical (unpaired) electrons. The van der Waals surface area contributed by atoms with Crippen molar-refractivity contribution in [1.82, 2.24) is 0 Å². The van der Waals surface area contributed by atoms with Crippen molar-refractivity contribution in [3.63, 3.8) is 0 Å². The summed E-state index contributed by atoms with van der Waals surface area (Å²) in [5, 5.41) is 7.99. The molecule has 4 nitrogen and oxygen atoms in total. The van der Waals surface area contributed by atoms with E-state index >= 15 is 0 Å². The third-order valence-corrected chi connectivity index (χ3v) is 3.31. The van der Waals surface area contributed by atoms with E-state index in [1.165, 1.54) is 5.56 Å². The van der Waals surface area contributed by atoms with E-state index in [-0.39, 0.29) is 5.84 Å². The van der Waals surface area contributed by atoms with Gasteiger partial charge in [-0.05, 0) is 36.2 Å². The van der Waals surface area contributed by atoms with Gasteiger partial charge >= 0.3 is 0 Å². The lowest BCUT2D eigenvalue weighted by Gasteiger charge is -2.12. The quantitative estimate of drug-likeness (QED) is 0.633. The molecule has 2 aromatic rings. The zero-order valence-electron chi connectivity index (χ0n) is 11.7. The van der Waals surface area contributed by atoms with Crippen molar-refractivity contribution in [2.24, 2.45) is 5.73 Å². The van der Waals surface area contributed by atoms with Gasteiger partial charge in [-0.1, -0.05) is 29.8 Å². The van der Waals surface area contributed by atoms with E-state index in [4.69, 9.17) is 32.2 Å². The van der Waals surface area contributed by atoms with Crippen molar-refractivity contribution in [2.45, 2.75) is 6.42 Å². The summed E-state index contributed by atoms with van der Waals surface area (Å²) in [6.45, 7) is 0.684. The minimum absolute atomic E-state index is 0.118. The number of nitrogens with two attached hydrogens (primary N) is 1. The summed E-state index contributed by atoms with van der Waals surface area (Å²) in [6, 6.07) is 12.9. The number of rotatable bonds is 6. The summed E-state index contributed by atoms with van der Waals surface area (Å²) in [4.78, 5) is 0. The molecule has 0 unspecified atom stereocenters. The highest BCUT2D eigenvalue weighted by atomic mass is 35.5. The number of nitrogens with one attached hydrogen (secondary N) is 1. The minimum Gasteiger partial charge on any atom is -0.457 e. The predicted octanol–water partition coefficient (Wildman–Crippen LogP) is 3.61. The molecule has 0 spiro atoms. The number of benzene rings is 2.